The van der Waals surface area contributed by atoms with Crippen LogP contribution in [0.4, 0.5) is 0 Å². The van der Waals surface area contributed by atoms with Crippen LogP contribution in [0.25, 0.3) is 0 Å². The lowest BCUT2D eigenvalue weighted by atomic mass is 9.95. The van der Waals surface area contributed by atoms with Crippen molar-refractivity contribution < 1.29 is 0 Å². The highest BCUT2D eigenvalue weighted by molar-refractivity contribution is 5.24. The van der Waals surface area contributed by atoms with Crippen molar-refractivity contribution in [3.8, 4) is 6.07 Å². The Balaban J connectivity index is 2.41. The minimum atomic E-state index is 0.0584. The van der Waals surface area contributed by atoms with Crippen molar-refractivity contribution >= 4 is 0 Å². The van der Waals surface area contributed by atoms with E-state index >= 15 is 0 Å². The molecule has 1 N–H and O–H groups in total. The number of nitriles is 1. The van der Waals surface area contributed by atoms with Crippen molar-refractivity contribution in [2.45, 2.75) is 25.2 Å². The zero-order chi connectivity index (χ0) is 10.9. The van der Waals surface area contributed by atoms with Gasteiger partial charge in [0.05, 0.1) is 12.0 Å². The van der Waals surface area contributed by atoms with Crippen LogP contribution in [0.2, 0.25) is 0 Å². The number of unbranched alkanes of at least 4 members (excludes halogenated alkanes) is 1. The Morgan fingerprint density at radius 1 is 1.27 bits per heavy atom. The monoisotopic (exact) mass is 202 g/mol. The molecule has 0 aliphatic carbocycles. The molecule has 0 aliphatic heterocycles. The predicted molar refractivity (Wildman–Crippen MR) is 62.6 cm³/mol. The Kier molecular flexibility index (Phi) is 5.50. The summed E-state index contributed by atoms with van der Waals surface area (Å²) >= 11 is 0. The molecule has 0 amide bonds. The first-order valence-corrected chi connectivity index (χ1v) is 5.47. The fourth-order valence-electron chi connectivity index (χ4n) is 1.64. The lowest BCUT2D eigenvalue weighted by Gasteiger charge is -2.08. The van der Waals surface area contributed by atoms with Gasteiger partial charge < -0.3 is 5.32 Å². The molecular weight excluding hydrogens is 184 g/mol. The third kappa shape index (κ3) is 4.14. The SMILES string of the molecule is CNCCCCC(C#N)c1ccccc1. The summed E-state index contributed by atoms with van der Waals surface area (Å²) in [4.78, 5) is 0. The van der Waals surface area contributed by atoms with E-state index < -0.39 is 0 Å². The summed E-state index contributed by atoms with van der Waals surface area (Å²) in [7, 11) is 1.96. The Morgan fingerprint density at radius 3 is 2.60 bits per heavy atom. The molecule has 0 aromatic heterocycles. The molecule has 1 aromatic carbocycles. The highest BCUT2D eigenvalue weighted by Gasteiger charge is 2.08. The van der Waals surface area contributed by atoms with E-state index in [0.29, 0.717) is 0 Å². The Morgan fingerprint density at radius 2 is 2.00 bits per heavy atom. The molecule has 0 heterocycles. The zero-order valence-corrected chi connectivity index (χ0v) is 9.24. The Hall–Kier alpha value is -1.33. The second kappa shape index (κ2) is 7.03. The quantitative estimate of drug-likeness (QED) is 0.720. The minimum Gasteiger partial charge on any atom is -0.320 e. The summed E-state index contributed by atoms with van der Waals surface area (Å²) in [6, 6.07) is 12.4. The molecule has 0 bridgehead atoms. The first kappa shape index (κ1) is 11.7. The number of nitrogens with one attached hydrogen (secondary N) is 1. The topological polar surface area (TPSA) is 35.8 Å². The molecule has 0 saturated heterocycles. The van der Waals surface area contributed by atoms with Crippen molar-refractivity contribution in [2.24, 2.45) is 0 Å². The molecule has 2 heteroatoms. The summed E-state index contributed by atoms with van der Waals surface area (Å²) in [5, 5.41) is 12.2. The van der Waals surface area contributed by atoms with E-state index in [-0.39, 0.29) is 5.92 Å². The van der Waals surface area contributed by atoms with Crippen LogP contribution >= 0.6 is 0 Å². The Bertz CT molecular complexity index is 300. The molecule has 0 spiro atoms. The second-order valence-electron chi connectivity index (χ2n) is 3.69. The number of hydrogen-bond acceptors (Lipinski definition) is 2. The largest absolute Gasteiger partial charge is 0.320 e. The van der Waals surface area contributed by atoms with E-state index in [9.17, 15) is 0 Å². The van der Waals surface area contributed by atoms with Gasteiger partial charge in [0, 0.05) is 0 Å². The molecule has 0 saturated carbocycles. The molecule has 0 aliphatic rings. The normalized spacial score (nSPS) is 12.0. The minimum absolute atomic E-state index is 0.0584. The summed E-state index contributed by atoms with van der Waals surface area (Å²) < 4.78 is 0. The van der Waals surface area contributed by atoms with Crippen molar-refractivity contribution in [2.75, 3.05) is 13.6 Å². The molecule has 0 fully saturated rings. The number of hydrogen-bond donors (Lipinski definition) is 1. The van der Waals surface area contributed by atoms with Crippen molar-refractivity contribution in [3.05, 3.63) is 35.9 Å². The predicted octanol–water partition coefficient (Wildman–Crippen LogP) is 2.68. The van der Waals surface area contributed by atoms with Crippen LogP contribution in [-0.4, -0.2) is 13.6 Å². The average Bonchev–Trinajstić information content (AvgIpc) is 2.30. The van der Waals surface area contributed by atoms with Gasteiger partial charge in [0.25, 0.3) is 0 Å². The molecule has 15 heavy (non-hydrogen) atoms. The number of nitrogens with zero attached hydrogens (tertiary/aromatic N) is 1. The van der Waals surface area contributed by atoms with Crippen LogP contribution in [0.3, 0.4) is 0 Å². The lowest BCUT2D eigenvalue weighted by Crippen LogP contribution is -2.07. The first-order chi connectivity index (χ1) is 7.38. The maximum absolute atomic E-state index is 9.07. The maximum Gasteiger partial charge on any atom is 0.0712 e. The second-order valence-corrected chi connectivity index (χ2v) is 3.69. The summed E-state index contributed by atoms with van der Waals surface area (Å²) in [6.45, 7) is 1.03. The van der Waals surface area contributed by atoms with Crippen LogP contribution in [0, 0.1) is 11.3 Å². The fraction of sp³-hybridized carbons (Fsp3) is 0.462. The van der Waals surface area contributed by atoms with Gasteiger partial charge in [0.2, 0.25) is 0 Å². The van der Waals surface area contributed by atoms with Crippen LogP contribution in [0.5, 0.6) is 0 Å². The molecule has 1 atom stereocenters. The van der Waals surface area contributed by atoms with Gasteiger partial charge in [-0.1, -0.05) is 36.8 Å². The van der Waals surface area contributed by atoms with E-state index in [0.717, 1.165) is 31.4 Å². The third-order valence-electron chi connectivity index (χ3n) is 2.53. The highest BCUT2D eigenvalue weighted by Crippen LogP contribution is 2.20. The van der Waals surface area contributed by atoms with Crippen LogP contribution in [-0.2, 0) is 0 Å². The van der Waals surface area contributed by atoms with Gasteiger partial charge in [-0.05, 0) is 32.0 Å². The van der Waals surface area contributed by atoms with Gasteiger partial charge in [-0.2, -0.15) is 5.26 Å². The molecule has 2 nitrogen and oxygen atoms in total. The highest BCUT2D eigenvalue weighted by atomic mass is 14.8. The zero-order valence-electron chi connectivity index (χ0n) is 9.24. The van der Waals surface area contributed by atoms with Gasteiger partial charge in [0.1, 0.15) is 0 Å². The van der Waals surface area contributed by atoms with E-state index in [4.69, 9.17) is 5.26 Å². The fourth-order valence-corrected chi connectivity index (χ4v) is 1.64. The molecule has 1 unspecified atom stereocenters. The summed E-state index contributed by atoms with van der Waals surface area (Å²) in [5.74, 6) is 0.0584. The Labute approximate surface area is 91.9 Å². The van der Waals surface area contributed by atoms with Gasteiger partial charge in [-0.15, -0.1) is 0 Å². The van der Waals surface area contributed by atoms with E-state index in [2.05, 4.69) is 11.4 Å². The van der Waals surface area contributed by atoms with Gasteiger partial charge in [0.15, 0.2) is 0 Å². The first-order valence-electron chi connectivity index (χ1n) is 5.47. The van der Waals surface area contributed by atoms with Crippen molar-refractivity contribution in [1.29, 1.82) is 5.26 Å². The summed E-state index contributed by atoms with van der Waals surface area (Å²) in [6.07, 6.45) is 3.21. The van der Waals surface area contributed by atoms with E-state index in [1.54, 1.807) is 0 Å². The lowest BCUT2D eigenvalue weighted by molar-refractivity contribution is 0.617. The van der Waals surface area contributed by atoms with Crippen LogP contribution in [0.1, 0.15) is 30.7 Å². The standard InChI is InChI=1S/C13H18N2/c1-15-10-6-5-9-13(11-14)12-7-3-2-4-8-12/h2-4,7-8,13,15H,5-6,9-10H2,1H3. The summed E-state index contributed by atoms with van der Waals surface area (Å²) in [5.41, 5.74) is 1.14. The molecule has 1 aromatic rings. The molecule has 80 valence electrons. The molecule has 0 radical (unpaired) electrons. The molecule has 1 rings (SSSR count). The van der Waals surface area contributed by atoms with Gasteiger partial charge >= 0.3 is 0 Å². The van der Waals surface area contributed by atoms with E-state index in [1.165, 1.54) is 0 Å². The smallest absolute Gasteiger partial charge is 0.0712 e. The average molecular weight is 202 g/mol. The van der Waals surface area contributed by atoms with E-state index in [1.807, 2.05) is 37.4 Å². The van der Waals surface area contributed by atoms with Gasteiger partial charge in [-0.3, -0.25) is 0 Å². The van der Waals surface area contributed by atoms with Crippen molar-refractivity contribution in [1.82, 2.24) is 5.32 Å². The number of benzene rings is 1. The van der Waals surface area contributed by atoms with Crippen LogP contribution in [0.15, 0.2) is 30.3 Å². The number of rotatable bonds is 6. The maximum atomic E-state index is 9.07. The molecular formula is C13H18N2. The van der Waals surface area contributed by atoms with Crippen LogP contribution < -0.4 is 5.32 Å². The third-order valence-corrected chi connectivity index (χ3v) is 2.53. The van der Waals surface area contributed by atoms with Gasteiger partial charge in [-0.25, -0.2) is 0 Å². The van der Waals surface area contributed by atoms with Crippen molar-refractivity contribution in [3.63, 3.8) is 0 Å².